The highest BCUT2D eigenvalue weighted by molar-refractivity contribution is 6.17. The third kappa shape index (κ3) is 2.61. The van der Waals surface area contributed by atoms with Crippen LogP contribution in [-0.4, -0.2) is 24.9 Å². The van der Waals surface area contributed by atoms with Crippen molar-refractivity contribution in [1.29, 1.82) is 0 Å². The van der Waals surface area contributed by atoms with E-state index in [1.165, 1.54) is 5.56 Å². The maximum absolute atomic E-state index is 11.9. The van der Waals surface area contributed by atoms with Gasteiger partial charge in [0.1, 0.15) is 0 Å². The quantitative estimate of drug-likeness (QED) is 0.811. The molecule has 3 nitrogen and oxygen atoms in total. The van der Waals surface area contributed by atoms with Crippen molar-refractivity contribution in [3.63, 3.8) is 0 Å². The van der Waals surface area contributed by atoms with E-state index in [0.29, 0.717) is 25.4 Å². The fourth-order valence-corrected chi connectivity index (χ4v) is 2.34. The molecule has 0 aliphatic carbocycles. The summed E-state index contributed by atoms with van der Waals surface area (Å²) in [6.45, 7) is 1.36. The van der Waals surface area contributed by atoms with Gasteiger partial charge in [-0.1, -0.05) is 12.1 Å². The Labute approximate surface area is 107 Å². The molecule has 0 radical (unpaired) electrons. The van der Waals surface area contributed by atoms with Gasteiger partial charge in [-0.2, -0.15) is 0 Å². The van der Waals surface area contributed by atoms with Crippen LogP contribution in [-0.2, 0) is 17.6 Å². The van der Waals surface area contributed by atoms with Gasteiger partial charge >= 0.3 is 0 Å². The predicted octanol–water partition coefficient (Wildman–Crippen LogP) is 1.71. The molecular formula is C13H17ClN2O. The molecule has 1 amide bonds. The number of carbonyl (C=O) groups excluding carboxylic acids is 1. The van der Waals surface area contributed by atoms with Crippen LogP contribution in [0.3, 0.4) is 0 Å². The Bertz CT molecular complexity index is 420. The first-order valence-electron chi connectivity index (χ1n) is 5.94. The van der Waals surface area contributed by atoms with Crippen molar-refractivity contribution >= 4 is 23.2 Å². The molecule has 1 aromatic carbocycles. The predicted molar refractivity (Wildman–Crippen MR) is 70.6 cm³/mol. The van der Waals surface area contributed by atoms with Gasteiger partial charge in [0, 0.05) is 18.1 Å². The SMILES string of the molecule is NCCc1ccc2c(c1)CC(=O)N2CCCCl. The minimum absolute atomic E-state index is 0.176. The molecule has 0 saturated heterocycles. The van der Waals surface area contributed by atoms with Gasteiger partial charge < -0.3 is 10.6 Å². The van der Waals surface area contributed by atoms with Gasteiger partial charge in [0.15, 0.2) is 0 Å². The van der Waals surface area contributed by atoms with Gasteiger partial charge in [0.2, 0.25) is 5.91 Å². The van der Waals surface area contributed by atoms with Gasteiger partial charge in [-0.05, 0) is 36.6 Å². The molecular weight excluding hydrogens is 236 g/mol. The number of fused-ring (bicyclic) bond motifs is 1. The molecule has 2 rings (SSSR count). The Hall–Kier alpha value is -1.06. The summed E-state index contributed by atoms with van der Waals surface area (Å²) >= 11 is 5.67. The summed E-state index contributed by atoms with van der Waals surface area (Å²) in [4.78, 5) is 13.7. The fraction of sp³-hybridized carbons (Fsp3) is 0.462. The van der Waals surface area contributed by atoms with Crippen molar-refractivity contribution in [3.8, 4) is 0 Å². The lowest BCUT2D eigenvalue weighted by atomic mass is 10.1. The molecule has 0 bridgehead atoms. The van der Waals surface area contributed by atoms with Crippen molar-refractivity contribution in [2.24, 2.45) is 5.73 Å². The van der Waals surface area contributed by atoms with E-state index in [1.54, 1.807) is 0 Å². The molecule has 1 aliphatic heterocycles. The first kappa shape index (κ1) is 12.4. The molecule has 1 aromatic rings. The topological polar surface area (TPSA) is 46.3 Å². The van der Waals surface area contributed by atoms with Crippen molar-refractivity contribution in [2.45, 2.75) is 19.3 Å². The average Bonchev–Trinajstić information content (AvgIpc) is 2.62. The average molecular weight is 253 g/mol. The third-order valence-corrected chi connectivity index (χ3v) is 3.29. The Morgan fingerprint density at radius 2 is 2.24 bits per heavy atom. The molecule has 0 fully saturated rings. The molecule has 4 heteroatoms. The van der Waals surface area contributed by atoms with Crippen molar-refractivity contribution < 1.29 is 4.79 Å². The molecule has 2 N–H and O–H groups in total. The number of hydrogen-bond donors (Lipinski definition) is 1. The van der Waals surface area contributed by atoms with E-state index in [9.17, 15) is 4.79 Å². The van der Waals surface area contributed by atoms with E-state index in [-0.39, 0.29) is 5.91 Å². The number of benzene rings is 1. The minimum Gasteiger partial charge on any atom is -0.330 e. The zero-order chi connectivity index (χ0) is 12.3. The second-order valence-corrected chi connectivity index (χ2v) is 4.64. The number of rotatable bonds is 5. The summed E-state index contributed by atoms with van der Waals surface area (Å²) in [7, 11) is 0. The van der Waals surface area contributed by atoms with E-state index in [2.05, 4.69) is 12.1 Å². The van der Waals surface area contributed by atoms with E-state index in [4.69, 9.17) is 17.3 Å². The molecule has 92 valence electrons. The summed E-state index contributed by atoms with van der Waals surface area (Å²) in [6, 6.07) is 6.18. The van der Waals surface area contributed by atoms with Crippen LogP contribution in [0.25, 0.3) is 0 Å². The van der Waals surface area contributed by atoms with Gasteiger partial charge in [0.05, 0.1) is 6.42 Å². The van der Waals surface area contributed by atoms with Gasteiger partial charge in [-0.25, -0.2) is 0 Å². The summed E-state index contributed by atoms with van der Waals surface area (Å²) in [5.41, 5.74) is 8.90. The van der Waals surface area contributed by atoms with Crippen molar-refractivity contribution in [2.75, 3.05) is 23.9 Å². The number of alkyl halides is 1. The Morgan fingerprint density at radius 1 is 1.41 bits per heavy atom. The van der Waals surface area contributed by atoms with E-state index < -0.39 is 0 Å². The molecule has 17 heavy (non-hydrogen) atoms. The van der Waals surface area contributed by atoms with E-state index in [1.807, 2.05) is 11.0 Å². The van der Waals surface area contributed by atoms with Crippen LogP contribution >= 0.6 is 11.6 Å². The van der Waals surface area contributed by atoms with Gasteiger partial charge in [0.25, 0.3) is 0 Å². The molecule has 0 aromatic heterocycles. The number of halogens is 1. The molecule has 1 heterocycles. The number of carbonyl (C=O) groups is 1. The lowest BCUT2D eigenvalue weighted by Crippen LogP contribution is -2.27. The Morgan fingerprint density at radius 3 is 2.94 bits per heavy atom. The molecule has 0 saturated carbocycles. The van der Waals surface area contributed by atoms with Crippen LogP contribution in [0.1, 0.15) is 17.5 Å². The number of nitrogens with two attached hydrogens (primary N) is 1. The van der Waals surface area contributed by atoms with E-state index >= 15 is 0 Å². The summed E-state index contributed by atoms with van der Waals surface area (Å²) in [5.74, 6) is 0.764. The number of nitrogens with zero attached hydrogens (tertiary/aromatic N) is 1. The van der Waals surface area contributed by atoms with Crippen molar-refractivity contribution in [3.05, 3.63) is 29.3 Å². The third-order valence-electron chi connectivity index (χ3n) is 3.03. The molecule has 0 spiro atoms. The van der Waals surface area contributed by atoms with E-state index in [0.717, 1.165) is 24.1 Å². The first-order chi connectivity index (χ1) is 8.26. The smallest absolute Gasteiger partial charge is 0.231 e. The monoisotopic (exact) mass is 252 g/mol. The van der Waals surface area contributed by atoms with Gasteiger partial charge in [-0.3, -0.25) is 4.79 Å². The zero-order valence-corrected chi connectivity index (χ0v) is 10.5. The molecule has 0 atom stereocenters. The van der Waals surface area contributed by atoms with Crippen LogP contribution in [0.15, 0.2) is 18.2 Å². The highest BCUT2D eigenvalue weighted by atomic mass is 35.5. The fourth-order valence-electron chi connectivity index (χ4n) is 2.22. The summed E-state index contributed by atoms with van der Waals surface area (Å²) < 4.78 is 0. The summed E-state index contributed by atoms with van der Waals surface area (Å²) in [6.07, 6.45) is 2.20. The summed E-state index contributed by atoms with van der Waals surface area (Å²) in [5, 5.41) is 0. The minimum atomic E-state index is 0.176. The highest BCUT2D eigenvalue weighted by Gasteiger charge is 2.26. The standard InChI is InChI=1S/C13H17ClN2O/c14-5-1-7-16-12-3-2-10(4-6-15)8-11(12)9-13(16)17/h2-3,8H,1,4-7,9,15H2. The Balaban J connectivity index is 2.19. The molecule has 0 unspecified atom stereocenters. The lowest BCUT2D eigenvalue weighted by molar-refractivity contribution is -0.117. The Kier molecular flexibility index (Phi) is 4.02. The maximum atomic E-state index is 11.9. The second-order valence-electron chi connectivity index (χ2n) is 4.27. The molecule has 1 aliphatic rings. The largest absolute Gasteiger partial charge is 0.330 e. The van der Waals surface area contributed by atoms with Crippen LogP contribution < -0.4 is 10.6 Å². The van der Waals surface area contributed by atoms with Crippen LogP contribution in [0.4, 0.5) is 5.69 Å². The maximum Gasteiger partial charge on any atom is 0.231 e. The van der Waals surface area contributed by atoms with Crippen LogP contribution in [0.5, 0.6) is 0 Å². The lowest BCUT2D eigenvalue weighted by Gasteiger charge is -2.16. The van der Waals surface area contributed by atoms with Crippen LogP contribution in [0, 0.1) is 0 Å². The van der Waals surface area contributed by atoms with Crippen LogP contribution in [0.2, 0.25) is 0 Å². The normalized spacial score (nSPS) is 14.2. The zero-order valence-electron chi connectivity index (χ0n) is 9.79. The second kappa shape index (κ2) is 5.52. The van der Waals surface area contributed by atoms with Gasteiger partial charge in [-0.15, -0.1) is 11.6 Å². The van der Waals surface area contributed by atoms with Crippen molar-refractivity contribution in [1.82, 2.24) is 0 Å². The number of anilines is 1. The number of amides is 1. The number of hydrogen-bond acceptors (Lipinski definition) is 2. The highest BCUT2D eigenvalue weighted by Crippen LogP contribution is 2.29. The first-order valence-corrected chi connectivity index (χ1v) is 6.48.